The average Bonchev–Trinajstić information content (AvgIpc) is 2.75. The molecule has 2 aliphatic heterocycles. The monoisotopic (exact) mass is 379 g/mol. The molecule has 2 fully saturated rings. The van der Waals surface area contributed by atoms with E-state index in [0.717, 1.165) is 45.0 Å². The van der Waals surface area contributed by atoms with E-state index >= 15 is 0 Å². The molecule has 1 atom stereocenters. The number of likely N-dealkylation sites (tertiary alicyclic amines) is 1. The molecule has 28 heavy (non-hydrogen) atoms. The third-order valence-electron chi connectivity index (χ3n) is 5.98. The smallest absolute Gasteiger partial charge is 0.123 e. The van der Waals surface area contributed by atoms with Gasteiger partial charge in [-0.2, -0.15) is 0 Å². The quantitative estimate of drug-likeness (QED) is 0.774. The standard InChI is InChI=1S/C24H30FN3/c25-22-10-12-23(13-11-22)27-16-18-28(19-17-27)24-9-5-15-26(20-24)14-4-8-21-6-2-1-3-7-21/h1-4,6-8,10-13,24H,5,9,14-20H2/b8-4+. The number of hydrogen-bond donors (Lipinski definition) is 0. The topological polar surface area (TPSA) is 9.72 Å². The fourth-order valence-corrected chi connectivity index (χ4v) is 4.39. The number of hydrogen-bond acceptors (Lipinski definition) is 3. The molecule has 3 nitrogen and oxygen atoms in total. The van der Waals surface area contributed by atoms with Crippen LogP contribution < -0.4 is 4.90 Å². The Morgan fingerprint density at radius 2 is 1.64 bits per heavy atom. The van der Waals surface area contributed by atoms with Crippen molar-refractivity contribution >= 4 is 11.8 Å². The van der Waals surface area contributed by atoms with Crippen LogP contribution in [0.3, 0.4) is 0 Å². The Morgan fingerprint density at radius 3 is 2.39 bits per heavy atom. The van der Waals surface area contributed by atoms with Gasteiger partial charge in [-0.05, 0) is 49.2 Å². The van der Waals surface area contributed by atoms with Gasteiger partial charge in [-0.1, -0.05) is 42.5 Å². The summed E-state index contributed by atoms with van der Waals surface area (Å²) in [6.45, 7) is 7.62. The second-order valence-corrected chi connectivity index (χ2v) is 7.87. The highest BCUT2D eigenvalue weighted by Crippen LogP contribution is 2.21. The van der Waals surface area contributed by atoms with Gasteiger partial charge in [0, 0.05) is 51.0 Å². The highest BCUT2D eigenvalue weighted by molar-refractivity contribution is 5.49. The van der Waals surface area contributed by atoms with E-state index in [1.807, 2.05) is 12.1 Å². The summed E-state index contributed by atoms with van der Waals surface area (Å²) in [5.74, 6) is -0.161. The van der Waals surface area contributed by atoms with Crippen molar-refractivity contribution in [3.63, 3.8) is 0 Å². The van der Waals surface area contributed by atoms with Crippen LogP contribution in [0.4, 0.5) is 10.1 Å². The highest BCUT2D eigenvalue weighted by atomic mass is 19.1. The van der Waals surface area contributed by atoms with Gasteiger partial charge in [0.05, 0.1) is 0 Å². The molecule has 4 rings (SSSR count). The lowest BCUT2D eigenvalue weighted by Gasteiger charge is -2.43. The Kier molecular flexibility index (Phi) is 6.40. The minimum Gasteiger partial charge on any atom is -0.369 e. The third-order valence-corrected chi connectivity index (χ3v) is 5.98. The predicted octanol–water partition coefficient (Wildman–Crippen LogP) is 4.13. The molecule has 2 heterocycles. The number of piperidine rings is 1. The molecule has 0 amide bonds. The first-order valence-corrected chi connectivity index (χ1v) is 10.5. The van der Waals surface area contributed by atoms with E-state index < -0.39 is 0 Å². The van der Waals surface area contributed by atoms with E-state index in [1.165, 1.54) is 24.9 Å². The first-order chi connectivity index (χ1) is 13.8. The molecule has 2 aromatic rings. The van der Waals surface area contributed by atoms with Crippen molar-refractivity contribution in [2.45, 2.75) is 18.9 Å². The van der Waals surface area contributed by atoms with E-state index in [1.54, 1.807) is 12.1 Å². The minimum atomic E-state index is -0.161. The van der Waals surface area contributed by atoms with Gasteiger partial charge in [-0.25, -0.2) is 4.39 Å². The Morgan fingerprint density at radius 1 is 0.893 bits per heavy atom. The molecule has 2 aliphatic rings. The molecule has 0 spiro atoms. The first-order valence-electron chi connectivity index (χ1n) is 10.5. The molecule has 0 bridgehead atoms. The summed E-state index contributed by atoms with van der Waals surface area (Å²) in [4.78, 5) is 7.62. The summed E-state index contributed by atoms with van der Waals surface area (Å²) >= 11 is 0. The number of anilines is 1. The van der Waals surface area contributed by atoms with E-state index in [2.05, 4.69) is 57.2 Å². The van der Waals surface area contributed by atoms with Crippen LogP contribution in [-0.4, -0.2) is 61.7 Å². The zero-order valence-corrected chi connectivity index (χ0v) is 16.5. The van der Waals surface area contributed by atoms with Crippen LogP contribution in [0.25, 0.3) is 6.08 Å². The average molecular weight is 380 g/mol. The van der Waals surface area contributed by atoms with E-state index in [0.29, 0.717) is 6.04 Å². The van der Waals surface area contributed by atoms with Crippen LogP contribution in [-0.2, 0) is 0 Å². The van der Waals surface area contributed by atoms with Gasteiger partial charge < -0.3 is 4.90 Å². The molecule has 0 radical (unpaired) electrons. The van der Waals surface area contributed by atoms with E-state index in [-0.39, 0.29) is 5.82 Å². The lowest BCUT2D eigenvalue weighted by atomic mass is 10.0. The number of nitrogens with zero attached hydrogens (tertiary/aromatic N) is 3. The SMILES string of the molecule is Fc1ccc(N2CCN(C3CCCN(C/C=C/c4ccccc4)C3)CC2)cc1. The van der Waals surface area contributed by atoms with Crippen LogP contribution in [0.15, 0.2) is 60.7 Å². The van der Waals surface area contributed by atoms with Crippen molar-refractivity contribution < 1.29 is 4.39 Å². The summed E-state index contributed by atoms with van der Waals surface area (Å²) in [6, 6.07) is 18.1. The van der Waals surface area contributed by atoms with Gasteiger partial charge in [-0.15, -0.1) is 0 Å². The van der Waals surface area contributed by atoms with Gasteiger partial charge in [-0.3, -0.25) is 9.80 Å². The molecule has 0 aliphatic carbocycles. The summed E-state index contributed by atoms with van der Waals surface area (Å²) in [6.07, 6.45) is 7.10. The summed E-state index contributed by atoms with van der Waals surface area (Å²) < 4.78 is 13.1. The highest BCUT2D eigenvalue weighted by Gasteiger charge is 2.27. The molecular weight excluding hydrogens is 349 g/mol. The molecule has 1 unspecified atom stereocenters. The van der Waals surface area contributed by atoms with E-state index in [4.69, 9.17) is 0 Å². The molecular formula is C24H30FN3. The van der Waals surface area contributed by atoms with Crippen molar-refractivity contribution in [3.8, 4) is 0 Å². The van der Waals surface area contributed by atoms with Gasteiger partial charge in [0.1, 0.15) is 5.82 Å². The summed E-state index contributed by atoms with van der Waals surface area (Å²) in [5, 5.41) is 0. The largest absolute Gasteiger partial charge is 0.369 e. The molecule has 0 saturated carbocycles. The van der Waals surface area contributed by atoms with Gasteiger partial charge in [0.2, 0.25) is 0 Å². The molecule has 2 saturated heterocycles. The lowest BCUT2D eigenvalue weighted by molar-refractivity contribution is 0.0991. The predicted molar refractivity (Wildman–Crippen MR) is 115 cm³/mol. The number of halogens is 1. The molecule has 148 valence electrons. The molecule has 2 aromatic carbocycles. The molecule has 0 N–H and O–H groups in total. The van der Waals surface area contributed by atoms with Crippen molar-refractivity contribution in [1.82, 2.24) is 9.80 Å². The minimum absolute atomic E-state index is 0.161. The summed E-state index contributed by atoms with van der Waals surface area (Å²) in [7, 11) is 0. The van der Waals surface area contributed by atoms with Crippen molar-refractivity contribution in [2.75, 3.05) is 50.7 Å². The normalized spacial score (nSPS) is 22.0. The lowest BCUT2D eigenvalue weighted by Crippen LogP contribution is -2.55. The second-order valence-electron chi connectivity index (χ2n) is 7.87. The van der Waals surface area contributed by atoms with Crippen LogP contribution in [0.2, 0.25) is 0 Å². The maximum Gasteiger partial charge on any atom is 0.123 e. The zero-order valence-electron chi connectivity index (χ0n) is 16.5. The van der Waals surface area contributed by atoms with Crippen LogP contribution in [0, 0.1) is 5.82 Å². The number of rotatable bonds is 5. The van der Waals surface area contributed by atoms with Crippen LogP contribution in [0.1, 0.15) is 18.4 Å². The Labute approximate surface area is 168 Å². The van der Waals surface area contributed by atoms with Crippen molar-refractivity contribution in [3.05, 3.63) is 72.1 Å². The van der Waals surface area contributed by atoms with E-state index in [9.17, 15) is 4.39 Å². The Bertz CT molecular complexity index is 751. The maximum absolute atomic E-state index is 13.1. The van der Waals surface area contributed by atoms with Crippen LogP contribution in [0.5, 0.6) is 0 Å². The molecule has 0 aromatic heterocycles. The first kappa shape index (κ1) is 19.2. The number of piperazine rings is 1. The zero-order chi connectivity index (χ0) is 19.2. The maximum atomic E-state index is 13.1. The summed E-state index contributed by atoms with van der Waals surface area (Å²) in [5.41, 5.74) is 2.41. The van der Waals surface area contributed by atoms with Crippen molar-refractivity contribution in [1.29, 1.82) is 0 Å². The van der Waals surface area contributed by atoms with Gasteiger partial charge in [0.25, 0.3) is 0 Å². The third kappa shape index (κ3) is 5.00. The van der Waals surface area contributed by atoms with Gasteiger partial charge in [0.15, 0.2) is 0 Å². The van der Waals surface area contributed by atoms with Crippen LogP contribution >= 0.6 is 0 Å². The fourth-order valence-electron chi connectivity index (χ4n) is 4.39. The molecule has 4 heteroatoms. The Hall–Kier alpha value is -2.17. The number of benzene rings is 2. The van der Waals surface area contributed by atoms with Crippen molar-refractivity contribution in [2.24, 2.45) is 0 Å². The fraction of sp³-hybridized carbons (Fsp3) is 0.417. The Balaban J connectivity index is 1.26. The van der Waals surface area contributed by atoms with Gasteiger partial charge >= 0.3 is 0 Å². The second kappa shape index (κ2) is 9.35.